The van der Waals surface area contributed by atoms with Crippen molar-refractivity contribution in [3.63, 3.8) is 0 Å². The van der Waals surface area contributed by atoms with Crippen molar-refractivity contribution in [2.75, 3.05) is 11.9 Å². The van der Waals surface area contributed by atoms with Gasteiger partial charge in [-0.05, 0) is 30.2 Å². The number of ether oxygens (including phenoxy) is 2. The van der Waals surface area contributed by atoms with Gasteiger partial charge in [-0.1, -0.05) is 49.7 Å². The zero-order valence-electron chi connectivity index (χ0n) is 16.1. The van der Waals surface area contributed by atoms with Gasteiger partial charge in [0.2, 0.25) is 0 Å². The normalized spacial score (nSPS) is 11.2. The Balaban J connectivity index is 2.04. The summed E-state index contributed by atoms with van der Waals surface area (Å²) in [7, 11) is 0. The fourth-order valence-corrected chi connectivity index (χ4v) is 2.42. The molecular formula is C21H24N2O6. The third-order valence-electron chi connectivity index (χ3n) is 3.94. The van der Waals surface area contributed by atoms with Gasteiger partial charge in [0, 0.05) is 12.1 Å². The highest BCUT2D eigenvalue weighted by molar-refractivity contribution is 5.95. The van der Waals surface area contributed by atoms with Crippen molar-refractivity contribution in [3.05, 3.63) is 60.2 Å². The van der Waals surface area contributed by atoms with Crippen molar-refractivity contribution >= 4 is 23.8 Å². The maximum atomic E-state index is 12.5. The molecule has 8 heteroatoms. The Bertz CT molecular complexity index is 825. The molecule has 0 aliphatic heterocycles. The van der Waals surface area contributed by atoms with Gasteiger partial charge in [0.1, 0.15) is 11.8 Å². The molecule has 0 bridgehead atoms. The number of phenols is 1. The van der Waals surface area contributed by atoms with Crippen LogP contribution in [0.2, 0.25) is 0 Å². The number of benzene rings is 2. The summed E-state index contributed by atoms with van der Waals surface area (Å²) in [5.74, 6) is -1.02. The van der Waals surface area contributed by atoms with E-state index in [0.29, 0.717) is 17.7 Å². The molecule has 2 rings (SSSR count). The van der Waals surface area contributed by atoms with E-state index in [-0.39, 0.29) is 18.8 Å². The van der Waals surface area contributed by atoms with Crippen LogP contribution in [0.4, 0.5) is 15.3 Å². The second-order valence-corrected chi connectivity index (χ2v) is 6.22. The predicted octanol–water partition coefficient (Wildman–Crippen LogP) is 3.60. The SMILES string of the molecule is CCCCOC(=O)NC(Cc1ccccc1O)C(=O)OC(=O)Nc1ccccc1. The summed E-state index contributed by atoms with van der Waals surface area (Å²) in [6.45, 7) is 2.15. The molecule has 2 aromatic rings. The van der Waals surface area contributed by atoms with E-state index in [9.17, 15) is 19.5 Å². The predicted molar refractivity (Wildman–Crippen MR) is 107 cm³/mol. The van der Waals surface area contributed by atoms with Crippen LogP contribution in [-0.4, -0.2) is 35.9 Å². The van der Waals surface area contributed by atoms with E-state index in [0.717, 1.165) is 6.42 Å². The molecule has 2 aromatic carbocycles. The Morgan fingerprint density at radius 3 is 2.38 bits per heavy atom. The van der Waals surface area contributed by atoms with E-state index in [2.05, 4.69) is 10.6 Å². The molecule has 1 atom stereocenters. The lowest BCUT2D eigenvalue weighted by atomic mass is 10.1. The summed E-state index contributed by atoms with van der Waals surface area (Å²) >= 11 is 0. The van der Waals surface area contributed by atoms with E-state index in [1.807, 2.05) is 6.92 Å². The number of hydrogen-bond donors (Lipinski definition) is 3. The van der Waals surface area contributed by atoms with Gasteiger partial charge < -0.3 is 19.9 Å². The molecule has 0 spiro atoms. The van der Waals surface area contributed by atoms with E-state index < -0.39 is 24.2 Å². The van der Waals surface area contributed by atoms with Gasteiger partial charge in [0.25, 0.3) is 0 Å². The van der Waals surface area contributed by atoms with Crippen LogP contribution in [0.3, 0.4) is 0 Å². The van der Waals surface area contributed by atoms with Crippen molar-refractivity contribution in [1.29, 1.82) is 0 Å². The van der Waals surface area contributed by atoms with Gasteiger partial charge in [0.05, 0.1) is 6.61 Å². The number of para-hydroxylation sites is 2. The molecule has 0 saturated carbocycles. The number of unbranched alkanes of at least 4 members (excludes halogenated alkanes) is 1. The number of carbonyl (C=O) groups is 3. The number of aromatic hydroxyl groups is 1. The van der Waals surface area contributed by atoms with E-state index in [4.69, 9.17) is 9.47 Å². The first kappa shape index (κ1) is 21.7. The molecule has 1 unspecified atom stereocenters. The molecule has 0 saturated heterocycles. The van der Waals surface area contributed by atoms with Crippen LogP contribution < -0.4 is 10.6 Å². The van der Waals surface area contributed by atoms with Gasteiger partial charge in [-0.25, -0.2) is 14.4 Å². The van der Waals surface area contributed by atoms with E-state index in [1.54, 1.807) is 48.5 Å². The number of anilines is 1. The Hall–Kier alpha value is -3.55. The second kappa shape index (κ2) is 11.3. The van der Waals surface area contributed by atoms with Gasteiger partial charge >= 0.3 is 18.2 Å². The Morgan fingerprint density at radius 2 is 1.69 bits per heavy atom. The van der Waals surface area contributed by atoms with Crippen molar-refractivity contribution in [3.8, 4) is 5.75 Å². The zero-order valence-corrected chi connectivity index (χ0v) is 16.1. The number of carbonyl (C=O) groups excluding carboxylic acids is 3. The molecule has 3 N–H and O–H groups in total. The van der Waals surface area contributed by atoms with Crippen molar-refractivity contribution < 1.29 is 29.0 Å². The Morgan fingerprint density at radius 1 is 1.00 bits per heavy atom. The zero-order chi connectivity index (χ0) is 21.1. The molecular weight excluding hydrogens is 376 g/mol. The van der Waals surface area contributed by atoms with Crippen LogP contribution in [0, 0.1) is 0 Å². The van der Waals surface area contributed by atoms with Crippen molar-refractivity contribution in [2.45, 2.75) is 32.2 Å². The third kappa shape index (κ3) is 7.53. The molecule has 29 heavy (non-hydrogen) atoms. The first-order valence-corrected chi connectivity index (χ1v) is 9.27. The highest BCUT2D eigenvalue weighted by Crippen LogP contribution is 2.18. The smallest absolute Gasteiger partial charge is 0.419 e. The summed E-state index contributed by atoms with van der Waals surface area (Å²) in [5.41, 5.74) is 0.862. The van der Waals surface area contributed by atoms with Crippen LogP contribution in [-0.2, 0) is 20.7 Å². The third-order valence-corrected chi connectivity index (χ3v) is 3.94. The number of alkyl carbamates (subject to hydrolysis) is 1. The van der Waals surface area contributed by atoms with Crippen LogP contribution in [0.5, 0.6) is 5.75 Å². The second-order valence-electron chi connectivity index (χ2n) is 6.22. The molecule has 0 aromatic heterocycles. The average molecular weight is 400 g/mol. The summed E-state index contributed by atoms with van der Waals surface area (Å²) in [6, 6.07) is 13.6. The Labute approximate surface area is 168 Å². The van der Waals surface area contributed by atoms with Crippen molar-refractivity contribution in [1.82, 2.24) is 5.32 Å². The number of nitrogens with one attached hydrogen (secondary N) is 2. The molecule has 0 aliphatic carbocycles. The van der Waals surface area contributed by atoms with E-state index in [1.165, 1.54) is 6.07 Å². The molecule has 2 amide bonds. The van der Waals surface area contributed by atoms with Gasteiger partial charge in [-0.2, -0.15) is 0 Å². The minimum atomic E-state index is -1.22. The average Bonchev–Trinajstić information content (AvgIpc) is 2.70. The lowest BCUT2D eigenvalue weighted by Crippen LogP contribution is -2.44. The largest absolute Gasteiger partial charge is 0.508 e. The topological polar surface area (TPSA) is 114 Å². The molecule has 8 nitrogen and oxygen atoms in total. The monoisotopic (exact) mass is 400 g/mol. The summed E-state index contributed by atoms with van der Waals surface area (Å²) < 4.78 is 9.82. The number of esters is 1. The van der Waals surface area contributed by atoms with Crippen LogP contribution in [0.1, 0.15) is 25.3 Å². The fourth-order valence-electron chi connectivity index (χ4n) is 2.42. The van der Waals surface area contributed by atoms with Gasteiger partial charge in [-0.15, -0.1) is 0 Å². The summed E-state index contributed by atoms with van der Waals surface area (Å²) in [4.78, 5) is 36.5. The Kier molecular flexibility index (Phi) is 8.50. The lowest BCUT2D eigenvalue weighted by molar-refractivity contribution is -0.139. The number of hydrogen-bond acceptors (Lipinski definition) is 6. The first-order chi connectivity index (χ1) is 14.0. The van der Waals surface area contributed by atoms with Crippen LogP contribution in [0.15, 0.2) is 54.6 Å². The fraction of sp³-hybridized carbons (Fsp3) is 0.286. The number of rotatable bonds is 8. The van der Waals surface area contributed by atoms with Gasteiger partial charge in [-0.3, -0.25) is 5.32 Å². The van der Waals surface area contributed by atoms with Crippen LogP contribution >= 0.6 is 0 Å². The molecule has 0 aliphatic rings. The highest BCUT2D eigenvalue weighted by Gasteiger charge is 2.26. The molecule has 0 heterocycles. The summed E-state index contributed by atoms with van der Waals surface area (Å²) in [5, 5.41) is 14.8. The van der Waals surface area contributed by atoms with Crippen molar-refractivity contribution in [2.24, 2.45) is 0 Å². The minimum absolute atomic E-state index is 0.0415. The molecule has 0 radical (unpaired) electrons. The maximum absolute atomic E-state index is 12.5. The van der Waals surface area contributed by atoms with Gasteiger partial charge in [0.15, 0.2) is 0 Å². The number of amides is 2. The highest BCUT2D eigenvalue weighted by atomic mass is 16.6. The van der Waals surface area contributed by atoms with Crippen LogP contribution in [0.25, 0.3) is 0 Å². The standard InChI is InChI=1S/C21H24N2O6/c1-2-3-13-28-20(26)23-17(14-15-9-7-8-12-18(15)24)19(25)29-21(27)22-16-10-5-4-6-11-16/h4-12,17,24H,2-3,13-14H2,1H3,(H,22,27)(H,23,26). The lowest BCUT2D eigenvalue weighted by Gasteiger charge is -2.17. The quantitative estimate of drug-likeness (QED) is 0.354. The first-order valence-electron chi connectivity index (χ1n) is 9.27. The van der Waals surface area contributed by atoms with E-state index >= 15 is 0 Å². The number of phenolic OH excluding ortho intramolecular Hbond substituents is 1. The maximum Gasteiger partial charge on any atom is 0.419 e. The molecule has 154 valence electrons. The minimum Gasteiger partial charge on any atom is -0.508 e. The summed E-state index contributed by atoms with van der Waals surface area (Å²) in [6.07, 6.45) is -0.339. The molecule has 0 fully saturated rings.